The van der Waals surface area contributed by atoms with Gasteiger partial charge in [-0.25, -0.2) is 4.98 Å². The van der Waals surface area contributed by atoms with E-state index in [1.807, 2.05) is 35.7 Å². The third-order valence-electron chi connectivity index (χ3n) is 4.74. The predicted molar refractivity (Wildman–Crippen MR) is 113 cm³/mol. The number of thiophene rings is 1. The van der Waals surface area contributed by atoms with Crippen LogP contribution in [0.15, 0.2) is 41.8 Å². The third kappa shape index (κ3) is 3.41. The Balaban J connectivity index is 1.79. The van der Waals surface area contributed by atoms with Gasteiger partial charge in [-0.2, -0.15) is 9.61 Å². The molecule has 0 amide bonds. The van der Waals surface area contributed by atoms with Gasteiger partial charge in [0.05, 0.1) is 26.5 Å². The first-order valence-corrected chi connectivity index (χ1v) is 9.83. The van der Waals surface area contributed by atoms with Crippen molar-refractivity contribution < 1.29 is 9.47 Å². The summed E-state index contributed by atoms with van der Waals surface area (Å²) in [5, 5.41) is 10.4. The van der Waals surface area contributed by atoms with Gasteiger partial charge in [0.25, 0.3) is 0 Å². The first-order chi connectivity index (χ1) is 13.6. The Bertz CT molecular complexity index is 1100. The van der Waals surface area contributed by atoms with Crippen molar-refractivity contribution in [3.63, 3.8) is 0 Å². The van der Waals surface area contributed by atoms with Crippen molar-refractivity contribution in [2.75, 3.05) is 19.5 Å². The number of hydrogen-bond donors (Lipinski definition) is 1. The van der Waals surface area contributed by atoms with Crippen LogP contribution in [0.3, 0.4) is 0 Å². The van der Waals surface area contributed by atoms with Crippen LogP contribution in [0.1, 0.15) is 16.1 Å². The Kier molecular flexibility index (Phi) is 4.92. The normalized spacial score (nSPS) is 11.0. The van der Waals surface area contributed by atoms with E-state index in [9.17, 15) is 0 Å². The van der Waals surface area contributed by atoms with Crippen LogP contribution in [-0.4, -0.2) is 28.8 Å². The summed E-state index contributed by atoms with van der Waals surface area (Å²) >= 11 is 1.73. The molecule has 0 bridgehead atoms. The first kappa shape index (κ1) is 18.3. The Morgan fingerprint density at radius 3 is 2.46 bits per heavy atom. The number of benzene rings is 1. The quantitative estimate of drug-likeness (QED) is 0.513. The topological polar surface area (TPSA) is 60.7 Å². The molecule has 4 rings (SSSR count). The van der Waals surface area contributed by atoms with E-state index in [2.05, 4.69) is 29.8 Å². The molecule has 0 saturated heterocycles. The second kappa shape index (κ2) is 7.52. The molecule has 3 heterocycles. The van der Waals surface area contributed by atoms with E-state index in [4.69, 9.17) is 19.6 Å². The molecule has 4 aromatic rings. The van der Waals surface area contributed by atoms with Crippen LogP contribution in [0.4, 0.5) is 5.82 Å². The van der Waals surface area contributed by atoms with Crippen molar-refractivity contribution in [1.29, 1.82) is 0 Å². The Hall–Kier alpha value is -3.06. The lowest BCUT2D eigenvalue weighted by Crippen LogP contribution is -2.09. The van der Waals surface area contributed by atoms with Gasteiger partial charge in [0.1, 0.15) is 17.3 Å². The lowest BCUT2D eigenvalue weighted by Gasteiger charge is -2.12. The highest BCUT2D eigenvalue weighted by atomic mass is 32.1. The van der Waals surface area contributed by atoms with Gasteiger partial charge in [-0.05, 0) is 37.4 Å². The minimum atomic E-state index is 0.725. The number of anilines is 1. The number of methoxy groups -OCH3 is 2. The molecule has 0 atom stereocenters. The van der Waals surface area contributed by atoms with Crippen LogP contribution < -0.4 is 14.8 Å². The van der Waals surface area contributed by atoms with E-state index in [1.165, 1.54) is 4.88 Å². The number of nitrogens with zero attached hydrogens (tertiary/aromatic N) is 3. The highest BCUT2D eigenvalue weighted by Gasteiger charge is 2.15. The Morgan fingerprint density at radius 1 is 1.07 bits per heavy atom. The van der Waals surface area contributed by atoms with Gasteiger partial charge in [-0.1, -0.05) is 6.07 Å². The standard InChI is InChI=1S/C21H22N4O2S/c1-13-14(2)23-20-11-19(15-8-16(26-3)10-17(9-15)27-4)24-25(20)21(13)22-12-18-6-5-7-28-18/h5-11,22H,12H2,1-4H3. The van der Waals surface area contributed by atoms with Crippen molar-refractivity contribution in [1.82, 2.24) is 14.6 Å². The molecule has 1 aromatic carbocycles. The minimum Gasteiger partial charge on any atom is -0.497 e. The Morgan fingerprint density at radius 2 is 1.82 bits per heavy atom. The molecule has 0 saturated carbocycles. The zero-order valence-corrected chi connectivity index (χ0v) is 17.1. The largest absolute Gasteiger partial charge is 0.497 e. The second-order valence-corrected chi connectivity index (χ2v) is 7.54. The van der Waals surface area contributed by atoms with Crippen molar-refractivity contribution in [3.05, 3.63) is 57.9 Å². The minimum absolute atomic E-state index is 0.725. The molecule has 1 N–H and O–H groups in total. The molecule has 6 nitrogen and oxygen atoms in total. The molecule has 0 unspecified atom stereocenters. The average molecular weight is 395 g/mol. The van der Waals surface area contributed by atoms with E-state index >= 15 is 0 Å². The lowest BCUT2D eigenvalue weighted by molar-refractivity contribution is 0.394. The van der Waals surface area contributed by atoms with Gasteiger partial charge in [0, 0.05) is 33.8 Å². The van der Waals surface area contributed by atoms with Gasteiger partial charge in [-0.3, -0.25) is 0 Å². The highest BCUT2D eigenvalue weighted by Crippen LogP contribution is 2.31. The van der Waals surface area contributed by atoms with Crippen LogP contribution in [0, 0.1) is 13.8 Å². The van der Waals surface area contributed by atoms with Crippen LogP contribution >= 0.6 is 11.3 Å². The summed E-state index contributed by atoms with van der Waals surface area (Å²) in [7, 11) is 3.28. The number of rotatable bonds is 6. The number of fused-ring (bicyclic) bond motifs is 1. The summed E-state index contributed by atoms with van der Waals surface area (Å²) in [6, 6.07) is 11.9. The van der Waals surface area contributed by atoms with E-state index in [0.29, 0.717) is 0 Å². The van der Waals surface area contributed by atoms with Gasteiger partial charge in [-0.15, -0.1) is 11.3 Å². The van der Waals surface area contributed by atoms with Crippen molar-refractivity contribution >= 4 is 22.8 Å². The molecule has 0 aliphatic rings. The number of ether oxygens (including phenoxy) is 2. The second-order valence-electron chi connectivity index (χ2n) is 6.50. The number of aromatic nitrogens is 3. The number of aryl methyl sites for hydroxylation is 1. The SMILES string of the molecule is COc1cc(OC)cc(-c2cc3nc(C)c(C)c(NCc4cccs4)n3n2)c1. The van der Waals surface area contributed by atoms with Crippen molar-refractivity contribution in [2.45, 2.75) is 20.4 Å². The van der Waals surface area contributed by atoms with Gasteiger partial charge in [0.15, 0.2) is 5.65 Å². The molecule has 0 radical (unpaired) electrons. The van der Waals surface area contributed by atoms with Crippen LogP contribution in [0.2, 0.25) is 0 Å². The lowest BCUT2D eigenvalue weighted by atomic mass is 10.1. The summed E-state index contributed by atoms with van der Waals surface area (Å²) in [6.45, 7) is 4.83. The summed E-state index contributed by atoms with van der Waals surface area (Å²) < 4.78 is 12.7. The third-order valence-corrected chi connectivity index (χ3v) is 5.62. The summed E-state index contributed by atoms with van der Waals surface area (Å²) in [4.78, 5) is 5.98. The van der Waals surface area contributed by atoms with E-state index in [1.54, 1.807) is 25.6 Å². The van der Waals surface area contributed by atoms with E-state index in [0.717, 1.165) is 52.0 Å². The van der Waals surface area contributed by atoms with E-state index < -0.39 is 0 Å². The molecule has 0 aliphatic carbocycles. The average Bonchev–Trinajstić information content (AvgIpc) is 3.37. The molecular formula is C21H22N4O2S. The smallest absolute Gasteiger partial charge is 0.158 e. The first-order valence-electron chi connectivity index (χ1n) is 8.95. The monoisotopic (exact) mass is 394 g/mol. The fourth-order valence-corrected chi connectivity index (χ4v) is 3.73. The number of hydrogen-bond acceptors (Lipinski definition) is 6. The molecule has 0 fully saturated rings. The molecular weight excluding hydrogens is 372 g/mol. The zero-order valence-electron chi connectivity index (χ0n) is 16.3. The van der Waals surface area contributed by atoms with Crippen LogP contribution in [-0.2, 0) is 6.54 Å². The maximum absolute atomic E-state index is 5.39. The summed E-state index contributed by atoms with van der Waals surface area (Å²) in [6.07, 6.45) is 0. The highest BCUT2D eigenvalue weighted by molar-refractivity contribution is 7.09. The fraction of sp³-hybridized carbons (Fsp3) is 0.238. The van der Waals surface area contributed by atoms with Crippen LogP contribution in [0.5, 0.6) is 11.5 Å². The molecule has 7 heteroatoms. The maximum atomic E-state index is 5.39. The maximum Gasteiger partial charge on any atom is 0.158 e. The molecule has 28 heavy (non-hydrogen) atoms. The van der Waals surface area contributed by atoms with Gasteiger partial charge in [0.2, 0.25) is 0 Å². The fourth-order valence-electron chi connectivity index (χ4n) is 3.09. The van der Waals surface area contributed by atoms with Gasteiger partial charge >= 0.3 is 0 Å². The summed E-state index contributed by atoms with van der Waals surface area (Å²) in [5.74, 6) is 2.41. The molecule has 0 spiro atoms. The van der Waals surface area contributed by atoms with Crippen LogP contribution in [0.25, 0.3) is 16.9 Å². The predicted octanol–water partition coefficient (Wildman–Crippen LogP) is 4.70. The molecule has 144 valence electrons. The number of nitrogens with one attached hydrogen (secondary N) is 1. The van der Waals surface area contributed by atoms with Crippen molar-refractivity contribution in [3.8, 4) is 22.8 Å². The van der Waals surface area contributed by atoms with Gasteiger partial charge < -0.3 is 14.8 Å². The van der Waals surface area contributed by atoms with E-state index in [-0.39, 0.29) is 0 Å². The Labute approximate surface area is 167 Å². The molecule has 3 aromatic heterocycles. The zero-order chi connectivity index (χ0) is 19.7. The van der Waals surface area contributed by atoms with Crippen molar-refractivity contribution in [2.24, 2.45) is 0 Å². The summed E-state index contributed by atoms with van der Waals surface area (Å²) in [5.41, 5.74) is 4.60. The molecule has 0 aliphatic heterocycles.